The lowest BCUT2D eigenvalue weighted by atomic mass is 10.0. The van der Waals surface area contributed by atoms with Gasteiger partial charge < -0.3 is 16.0 Å². The SMILES string of the molecule is Cc1ccc(C(=O)N[C@H](C(=O)Nc2ccccc2C(=O)NC(C)c2ccccc2)C(C)C)cc1. The Morgan fingerprint density at radius 2 is 1.32 bits per heavy atom. The fourth-order valence-corrected chi connectivity index (χ4v) is 3.56. The molecule has 0 fully saturated rings. The third kappa shape index (κ3) is 6.32. The third-order valence-electron chi connectivity index (χ3n) is 5.63. The molecule has 3 amide bonds. The molecule has 0 saturated carbocycles. The molecule has 0 aliphatic rings. The van der Waals surface area contributed by atoms with Gasteiger partial charge in [0.05, 0.1) is 17.3 Å². The number of hydrogen-bond donors (Lipinski definition) is 3. The van der Waals surface area contributed by atoms with E-state index in [-0.39, 0.29) is 29.7 Å². The molecule has 0 heterocycles. The highest BCUT2D eigenvalue weighted by Gasteiger charge is 2.26. The summed E-state index contributed by atoms with van der Waals surface area (Å²) in [4.78, 5) is 38.8. The van der Waals surface area contributed by atoms with Crippen LogP contribution in [0.4, 0.5) is 5.69 Å². The molecule has 0 aliphatic carbocycles. The summed E-state index contributed by atoms with van der Waals surface area (Å²) in [5.74, 6) is -1.16. The van der Waals surface area contributed by atoms with Crippen molar-refractivity contribution < 1.29 is 14.4 Å². The van der Waals surface area contributed by atoms with Gasteiger partial charge in [-0.15, -0.1) is 0 Å². The second-order valence-electron chi connectivity index (χ2n) is 8.70. The van der Waals surface area contributed by atoms with Crippen LogP contribution < -0.4 is 16.0 Å². The fraction of sp³-hybridized carbons (Fsp3) is 0.250. The summed E-state index contributed by atoms with van der Waals surface area (Å²) >= 11 is 0. The van der Waals surface area contributed by atoms with Crippen molar-refractivity contribution in [2.45, 2.75) is 39.8 Å². The number of carbonyl (C=O) groups is 3. The lowest BCUT2D eigenvalue weighted by Gasteiger charge is -2.23. The van der Waals surface area contributed by atoms with Gasteiger partial charge in [-0.25, -0.2) is 0 Å². The van der Waals surface area contributed by atoms with Crippen molar-refractivity contribution in [1.82, 2.24) is 10.6 Å². The molecule has 3 aromatic carbocycles. The van der Waals surface area contributed by atoms with E-state index in [4.69, 9.17) is 0 Å². The summed E-state index contributed by atoms with van der Waals surface area (Å²) in [6.45, 7) is 7.57. The molecule has 3 N–H and O–H groups in total. The molecule has 3 aromatic rings. The average molecular weight is 458 g/mol. The van der Waals surface area contributed by atoms with E-state index >= 15 is 0 Å². The highest BCUT2D eigenvalue weighted by molar-refractivity contribution is 6.06. The molecule has 176 valence electrons. The predicted octanol–water partition coefficient (Wildman–Crippen LogP) is 4.88. The lowest BCUT2D eigenvalue weighted by molar-refractivity contribution is -0.118. The van der Waals surface area contributed by atoms with Crippen molar-refractivity contribution >= 4 is 23.4 Å². The molecule has 0 spiro atoms. The van der Waals surface area contributed by atoms with E-state index in [1.54, 1.807) is 36.4 Å². The highest BCUT2D eigenvalue weighted by atomic mass is 16.2. The van der Waals surface area contributed by atoms with Crippen LogP contribution in [0.2, 0.25) is 0 Å². The molecule has 0 aromatic heterocycles. The molecule has 0 bridgehead atoms. The summed E-state index contributed by atoms with van der Waals surface area (Å²) < 4.78 is 0. The minimum absolute atomic E-state index is 0.159. The van der Waals surface area contributed by atoms with Crippen molar-refractivity contribution in [3.8, 4) is 0 Å². The van der Waals surface area contributed by atoms with Gasteiger partial charge in [0.2, 0.25) is 5.91 Å². The Bertz CT molecular complexity index is 1140. The number of nitrogens with one attached hydrogen (secondary N) is 3. The maximum atomic E-state index is 13.1. The zero-order chi connectivity index (χ0) is 24.7. The molecule has 0 saturated heterocycles. The summed E-state index contributed by atoms with van der Waals surface area (Å²) in [6.07, 6.45) is 0. The molecule has 6 nitrogen and oxygen atoms in total. The summed E-state index contributed by atoms with van der Waals surface area (Å²) in [7, 11) is 0. The molecular formula is C28H31N3O3. The Labute approximate surface area is 200 Å². The lowest BCUT2D eigenvalue weighted by Crippen LogP contribution is -2.47. The number of aryl methyl sites for hydroxylation is 1. The van der Waals surface area contributed by atoms with Gasteiger partial charge in [-0.2, -0.15) is 0 Å². The van der Waals surface area contributed by atoms with Crippen LogP contribution in [0.25, 0.3) is 0 Å². The number of carbonyl (C=O) groups excluding carboxylic acids is 3. The largest absolute Gasteiger partial charge is 0.345 e. The topological polar surface area (TPSA) is 87.3 Å². The maximum Gasteiger partial charge on any atom is 0.253 e. The molecule has 34 heavy (non-hydrogen) atoms. The Morgan fingerprint density at radius 3 is 1.97 bits per heavy atom. The first-order valence-corrected chi connectivity index (χ1v) is 11.4. The van der Waals surface area contributed by atoms with E-state index in [1.807, 2.05) is 70.2 Å². The van der Waals surface area contributed by atoms with E-state index in [2.05, 4.69) is 16.0 Å². The van der Waals surface area contributed by atoms with Crippen LogP contribution in [0.1, 0.15) is 58.7 Å². The standard InChI is InChI=1S/C28H31N3O3/c1-18(2)25(31-26(32)22-16-14-19(3)15-17-22)28(34)30-24-13-9-8-12-23(24)27(33)29-20(4)21-10-6-5-7-11-21/h5-18,20,25H,1-4H3,(H,29,33)(H,30,34)(H,31,32)/t20?,25-/m0/s1. The first-order valence-electron chi connectivity index (χ1n) is 11.4. The van der Waals surface area contributed by atoms with E-state index in [0.29, 0.717) is 16.8 Å². The van der Waals surface area contributed by atoms with Crippen molar-refractivity contribution in [2.24, 2.45) is 5.92 Å². The Balaban J connectivity index is 1.73. The van der Waals surface area contributed by atoms with Gasteiger partial charge in [-0.1, -0.05) is 74.0 Å². The van der Waals surface area contributed by atoms with Crippen LogP contribution >= 0.6 is 0 Å². The van der Waals surface area contributed by atoms with Gasteiger partial charge in [-0.05, 0) is 49.6 Å². The van der Waals surface area contributed by atoms with Gasteiger partial charge in [0, 0.05) is 5.56 Å². The monoisotopic (exact) mass is 457 g/mol. The number of para-hydroxylation sites is 1. The zero-order valence-corrected chi connectivity index (χ0v) is 20.0. The Morgan fingerprint density at radius 1 is 0.706 bits per heavy atom. The molecular weight excluding hydrogens is 426 g/mol. The minimum Gasteiger partial charge on any atom is -0.345 e. The number of anilines is 1. The van der Waals surface area contributed by atoms with Crippen molar-refractivity contribution in [3.05, 3.63) is 101 Å². The Hall–Kier alpha value is -3.93. The first-order chi connectivity index (χ1) is 16.3. The van der Waals surface area contributed by atoms with E-state index in [0.717, 1.165) is 11.1 Å². The van der Waals surface area contributed by atoms with Gasteiger partial charge in [0.1, 0.15) is 6.04 Å². The van der Waals surface area contributed by atoms with Gasteiger partial charge >= 0.3 is 0 Å². The molecule has 0 radical (unpaired) electrons. The van der Waals surface area contributed by atoms with E-state index in [1.165, 1.54) is 0 Å². The van der Waals surface area contributed by atoms with Gasteiger partial charge in [-0.3, -0.25) is 14.4 Å². The maximum absolute atomic E-state index is 13.1. The van der Waals surface area contributed by atoms with Crippen LogP contribution in [-0.2, 0) is 4.79 Å². The second kappa shape index (κ2) is 11.3. The summed E-state index contributed by atoms with van der Waals surface area (Å²) in [6, 6.07) is 22.7. The predicted molar refractivity (Wildman–Crippen MR) is 135 cm³/mol. The molecule has 0 aliphatic heterocycles. The molecule has 2 atom stereocenters. The summed E-state index contributed by atoms with van der Waals surface area (Å²) in [5, 5.41) is 8.64. The van der Waals surface area contributed by atoms with Gasteiger partial charge in [0.15, 0.2) is 0 Å². The van der Waals surface area contributed by atoms with Crippen LogP contribution in [-0.4, -0.2) is 23.8 Å². The van der Waals surface area contributed by atoms with E-state index < -0.39 is 6.04 Å². The van der Waals surface area contributed by atoms with Crippen LogP contribution in [0.3, 0.4) is 0 Å². The number of rotatable bonds is 8. The van der Waals surface area contributed by atoms with Crippen molar-refractivity contribution in [2.75, 3.05) is 5.32 Å². The van der Waals surface area contributed by atoms with Crippen LogP contribution in [0.15, 0.2) is 78.9 Å². The fourth-order valence-electron chi connectivity index (χ4n) is 3.56. The third-order valence-corrected chi connectivity index (χ3v) is 5.63. The number of benzene rings is 3. The zero-order valence-electron chi connectivity index (χ0n) is 20.0. The number of hydrogen-bond acceptors (Lipinski definition) is 3. The average Bonchev–Trinajstić information content (AvgIpc) is 2.83. The van der Waals surface area contributed by atoms with Crippen LogP contribution in [0.5, 0.6) is 0 Å². The molecule has 1 unspecified atom stereocenters. The van der Waals surface area contributed by atoms with E-state index in [9.17, 15) is 14.4 Å². The van der Waals surface area contributed by atoms with Gasteiger partial charge in [0.25, 0.3) is 11.8 Å². The molecule has 3 rings (SSSR count). The summed E-state index contributed by atoms with van der Waals surface area (Å²) in [5.41, 5.74) is 3.26. The highest BCUT2D eigenvalue weighted by Crippen LogP contribution is 2.19. The minimum atomic E-state index is -0.770. The number of amides is 3. The first kappa shape index (κ1) is 24.7. The molecule has 6 heteroatoms. The second-order valence-corrected chi connectivity index (χ2v) is 8.70. The smallest absolute Gasteiger partial charge is 0.253 e. The Kier molecular flexibility index (Phi) is 8.19. The quantitative estimate of drug-likeness (QED) is 0.451. The van der Waals surface area contributed by atoms with Crippen molar-refractivity contribution in [1.29, 1.82) is 0 Å². The normalized spacial score (nSPS) is 12.5. The van der Waals surface area contributed by atoms with Crippen molar-refractivity contribution in [3.63, 3.8) is 0 Å². The van der Waals surface area contributed by atoms with Crippen LogP contribution in [0, 0.1) is 12.8 Å².